The maximum atomic E-state index is 7.15. The number of imidazole rings is 1. The molecule has 18 rings (SSSR count). The van der Waals surface area contributed by atoms with Crippen molar-refractivity contribution in [1.29, 1.82) is 0 Å². The molecule has 0 radical (unpaired) electrons. The van der Waals surface area contributed by atoms with Gasteiger partial charge in [0, 0.05) is 56.0 Å². The zero-order chi connectivity index (χ0) is 53.0. The summed E-state index contributed by atoms with van der Waals surface area (Å²) < 4.78 is 16.2. The Balaban J connectivity index is 0.835. The van der Waals surface area contributed by atoms with Crippen molar-refractivity contribution < 1.29 is 9.47 Å². The number of hydrogen-bond donors (Lipinski definition) is 0. The highest BCUT2D eigenvalue weighted by atomic mass is 16.5. The van der Waals surface area contributed by atoms with Crippen molar-refractivity contribution in [3.05, 3.63) is 312 Å². The van der Waals surface area contributed by atoms with Crippen LogP contribution in [0.1, 0.15) is 44.5 Å². The highest BCUT2D eigenvalue weighted by molar-refractivity contribution is 6.11. The van der Waals surface area contributed by atoms with Gasteiger partial charge in [-0.2, -0.15) is 0 Å². The molecule has 0 fully saturated rings. The van der Waals surface area contributed by atoms with Crippen LogP contribution in [0.15, 0.2) is 267 Å². The lowest BCUT2D eigenvalue weighted by Crippen LogP contribution is -2.32. The fourth-order valence-corrected chi connectivity index (χ4v) is 14.5. The fraction of sp³-hybridized carbons (Fsp3) is 0.0267. The van der Waals surface area contributed by atoms with E-state index >= 15 is 0 Å². The number of benzene rings is 11. The Hall–Kier alpha value is -10.7. The van der Waals surface area contributed by atoms with E-state index in [1.807, 2.05) is 12.3 Å². The number of rotatable bonds is 4. The Labute approximate surface area is 466 Å². The van der Waals surface area contributed by atoms with Crippen LogP contribution in [0.25, 0.3) is 94.6 Å². The Kier molecular flexibility index (Phi) is 8.99. The van der Waals surface area contributed by atoms with Crippen LogP contribution in [0, 0.1) is 0 Å². The molecule has 2 aliphatic carbocycles. The van der Waals surface area contributed by atoms with Crippen LogP contribution in [-0.2, 0) is 10.8 Å². The number of hydrogen-bond acceptors (Lipinski definition) is 5. The minimum atomic E-state index is -0.750. The van der Waals surface area contributed by atoms with Crippen LogP contribution >= 0.6 is 0 Å². The molecule has 4 aliphatic rings. The molecule has 14 aromatic rings. The molecule has 2 spiro atoms. The average molecular weight is 1030 g/mol. The Morgan fingerprint density at radius 2 is 0.840 bits per heavy atom. The van der Waals surface area contributed by atoms with Gasteiger partial charge in [-0.3, -0.25) is 9.55 Å². The van der Waals surface area contributed by atoms with Crippen molar-refractivity contribution in [2.45, 2.75) is 10.8 Å². The monoisotopic (exact) mass is 1030 g/mol. The molecule has 6 heteroatoms. The lowest BCUT2D eigenvalue weighted by atomic mass is 9.65. The number of nitrogens with zero attached hydrogens (tertiary/aromatic N) is 4. The van der Waals surface area contributed by atoms with Gasteiger partial charge in [-0.15, -0.1) is 0 Å². The molecule has 81 heavy (non-hydrogen) atoms. The summed E-state index contributed by atoms with van der Waals surface area (Å²) in [6.07, 6.45) is 1.87. The smallest absolute Gasteiger partial charge is 0.145 e. The normalized spacial score (nSPS) is 14.1. The van der Waals surface area contributed by atoms with E-state index in [4.69, 9.17) is 24.4 Å². The minimum Gasteiger partial charge on any atom is -0.457 e. The summed E-state index contributed by atoms with van der Waals surface area (Å²) in [6.45, 7) is 0. The second-order valence-electron chi connectivity index (χ2n) is 21.7. The molecule has 376 valence electrons. The summed E-state index contributed by atoms with van der Waals surface area (Å²) >= 11 is 0. The lowest BCUT2D eigenvalue weighted by Gasteiger charge is -2.40. The van der Waals surface area contributed by atoms with Crippen molar-refractivity contribution in [2.24, 2.45) is 0 Å². The predicted molar refractivity (Wildman–Crippen MR) is 323 cm³/mol. The second-order valence-corrected chi connectivity index (χ2v) is 21.7. The topological polar surface area (TPSA) is 62.1 Å². The molecule has 0 saturated heterocycles. The molecule has 0 amide bonds. The Morgan fingerprint density at radius 3 is 1.49 bits per heavy atom. The third kappa shape index (κ3) is 5.92. The predicted octanol–water partition coefficient (Wildman–Crippen LogP) is 18.1. The van der Waals surface area contributed by atoms with E-state index in [9.17, 15) is 0 Å². The molecular weight excluding hydrogens is 989 g/mol. The van der Waals surface area contributed by atoms with Crippen molar-refractivity contribution in [1.82, 2.24) is 19.5 Å². The average Bonchev–Trinajstić information content (AvgIpc) is 4.35. The fourth-order valence-electron chi connectivity index (χ4n) is 14.5. The van der Waals surface area contributed by atoms with Crippen molar-refractivity contribution in [2.75, 3.05) is 0 Å². The number of ether oxygens (including phenoxy) is 2. The second kappa shape index (κ2) is 16.4. The first-order valence-electron chi connectivity index (χ1n) is 27.6. The van der Waals surface area contributed by atoms with Crippen LogP contribution in [0.4, 0.5) is 0 Å². The molecule has 2 aliphatic heterocycles. The van der Waals surface area contributed by atoms with Gasteiger partial charge in [0.15, 0.2) is 0 Å². The van der Waals surface area contributed by atoms with Gasteiger partial charge >= 0.3 is 0 Å². The molecule has 11 aromatic carbocycles. The molecule has 0 atom stereocenters. The van der Waals surface area contributed by atoms with Gasteiger partial charge in [0.05, 0.1) is 38.6 Å². The third-order valence-electron chi connectivity index (χ3n) is 17.8. The van der Waals surface area contributed by atoms with Crippen molar-refractivity contribution in [3.63, 3.8) is 0 Å². The van der Waals surface area contributed by atoms with Crippen molar-refractivity contribution in [3.8, 4) is 84.7 Å². The highest BCUT2D eigenvalue weighted by Crippen LogP contribution is 2.64. The minimum absolute atomic E-state index is 0.597. The standard InChI is InChI=1S/C75H44N4O2/c1-2-18-49(19-3-1)79-66-30-14-13-29-65(66)78-73(79)48-34-39-70-63(44-48)75(58-26-10-6-22-52(58)53-23-7-11-27-59(53)75)61-42-45(32-37-68(61)81-70)55-41-47-17-16-40-76-71(47)72-54(55)35-36-64(77-72)46-33-38-69-62(43-46)74(60-28-12-15-31-67(60)80-69)56-24-8-4-20-50(56)51-21-5-9-25-57(51)74/h1-44H. The Bertz CT molecular complexity index is 4950. The van der Waals surface area contributed by atoms with Crippen LogP contribution in [0.2, 0.25) is 0 Å². The maximum Gasteiger partial charge on any atom is 0.145 e. The number of para-hydroxylation sites is 4. The highest BCUT2D eigenvalue weighted by Gasteiger charge is 2.53. The van der Waals surface area contributed by atoms with E-state index < -0.39 is 10.8 Å². The molecule has 0 bridgehead atoms. The van der Waals surface area contributed by atoms with Crippen LogP contribution in [-0.4, -0.2) is 19.5 Å². The molecular formula is C75H44N4O2. The van der Waals surface area contributed by atoms with Gasteiger partial charge in [0.25, 0.3) is 0 Å². The first-order valence-corrected chi connectivity index (χ1v) is 27.6. The molecule has 0 N–H and O–H groups in total. The summed E-state index contributed by atoms with van der Waals surface area (Å²) in [6, 6.07) is 93.9. The van der Waals surface area contributed by atoms with Gasteiger partial charge < -0.3 is 9.47 Å². The number of pyridine rings is 2. The van der Waals surface area contributed by atoms with Crippen LogP contribution in [0.5, 0.6) is 23.0 Å². The van der Waals surface area contributed by atoms with E-state index in [-0.39, 0.29) is 0 Å². The first-order chi connectivity index (χ1) is 40.1. The maximum absolute atomic E-state index is 7.15. The summed E-state index contributed by atoms with van der Waals surface area (Å²) in [5, 5.41) is 2.02. The molecule has 5 heterocycles. The molecule has 0 unspecified atom stereocenters. The van der Waals surface area contributed by atoms with E-state index in [0.29, 0.717) is 0 Å². The number of aromatic nitrogens is 4. The summed E-state index contributed by atoms with van der Waals surface area (Å²) in [4.78, 5) is 16.1. The lowest BCUT2D eigenvalue weighted by molar-refractivity contribution is 0.436. The van der Waals surface area contributed by atoms with Crippen molar-refractivity contribution >= 4 is 32.8 Å². The van der Waals surface area contributed by atoms with Crippen LogP contribution < -0.4 is 9.47 Å². The Morgan fingerprint density at radius 1 is 0.333 bits per heavy atom. The zero-order valence-electron chi connectivity index (χ0n) is 43.5. The SMILES string of the molecule is c1ccc(-n2c(-c3ccc4c(c3)C3(c5cc(-c6cc7cccnc7c7nc(-c8ccc9c(c8)C8(c%10ccccc%10O9)c9ccccc9-c9ccccc98)ccc67)ccc5O4)c4ccccc4-c4ccccc43)nc3ccccc32)cc1. The van der Waals surface area contributed by atoms with Gasteiger partial charge in [-0.1, -0.05) is 158 Å². The van der Waals surface area contributed by atoms with E-state index in [1.54, 1.807) is 0 Å². The van der Waals surface area contributed by atoms with Gasteiger partial charge in [-0.25, -0.2) is 9.97 Å². The third-order valence-corrected chi connectivity index (χ3v) is 17.8. The zero-order valence-corrected chi connectivity index (χ0v) is 43.5. The van der Waals surface area contributed by atoms with E-state index in [1.165, 1.54) is 44.5 Å². The molecule has 6 nitrogen and oxygen atoms in total. The van der Waals surface area contributed by atoms with Gasteiger partial charge in [-0.05, 0) is 159 Å². The molecule has 0 saturated carbocycles. The number of fused-ring (bicyclic) bond motifs is 22. The molecule has 3 aromatic heterocycles. The largest absolute Gasteiger partial charge is 0.457 e. The van der Waals surface area contributed by atoms with E-state index in [2.05, 4.69) is 259 Å². The van der Waals surface area contributed by atoms with Crippen LogP contribution in [0.3, 0.4) is 0 Å². The van der Waals surface area contributed by atoms with Gasteiger partial charge in [0.1, 0.15) is 28.8 Å². The summed E-state index contributed by atoms with van der Waals surface area (Å²) in [5.41, 5.74) is 22.5. The van der Waals surface area contributed by atoms with Gasteiger partial charge in [0.2, 0.25) is 0 Å². The quantitative estimate of drug-likeness (QED) is 0.164. The summed E-state index contributed by atoms with van der Waals surface area (Å²) in [5.74, 6) is 4.21. The first kappa shape index (κ1) is 44.3. The summed E-state index contributed by atoms with van der Waals surface area (Å²) in [7, 11) is 0. The van der Waals surface area contributed by atoms with E-state index in [0.717, 1.165) is 118 Å².